The predicted molar refractivity (Wildman–Crippen MR) is 119 cm³/mol. The van der Waals surface area contributed by atoms with Gasteiger partial charge in [-0.2, -0.15) is 0 Å². The maximum absolute atomic E-state index is 13.3. The van der Waals surface area contributed by atoms with Gasteiger partial charge >= 0.3 is 5.69 Å². The molecule has 0 bridgehead atoms. The van der Waals surface area contributed by atoms with Gasteiger partial charge in [-0.25, -0.2) is 18.3 Å². The van der Waals surface area contributed by atoms with Crippen LogP contribution in [0.2, 0.25) is 5.02 Å². The van der Waals surface area contributed by atoms with Crippen LogP contribution >= 0.6 is 22.9 Å². The van der Waals surface area contributed by atoms with Crippen LogP contribution in [0, 0.1) is 11.7 Å². The van der Waals surface area contributed by atoms with Gasteiger partial charge in [0.05, 0.1) is 10.5 Å². The second kappa shape index (κ2) is 8.27. The Morgan fingerprint density at radius 3 is 2.77 bits per heavy atom. The molecule has 4 aromatic rings. The number of fused-ring (bicyclic) bond motifs is 3. The molecule has 0 spiro atoms. The van der Waals surface area contributed by atoms with Crippen molar-refractivity contribution >= 4 is 50.5 Å². The van der Waals surface area contributed by atoms with Crippen molar-refractivity contribution in [3.8, 4) is 0 Å². The van der Waals surface area contributed by atoms with Crippen LogP contribution in [0.5, 0.6) is 0 Å². The quantitative estimate of drug-likeness (QED) is 0.474. The third-order valence-corrected chi connectivity index (χ3v) is 6.00. The summed E-state index contributed by atoms with van der Waals surface area (Å²) >= 11 is 7.00. The summed E-state index contributed by atoms with van der Waals surface area (Å²) in [6.45, 7) is 4.12. The van der Waals surface area contributed by atoms with Crippen molar-refractivity contribution in [2.75, 3.05) is 5.32 Å². The summed E-state index contributed by atoms with van der Waals surface area (Å²) in [7, 11) is 0. The first kappa shape index (κ1) is 21.3. The third-order valence-electron chi connectivity index (χ3n) is 4.82. The Kier molecular flexibility index (Phi) is 5.67. The number of halogens is 2. The molecule has 31 heavy (non-hydrogen) atoms. The molecule has 8 nitrogen and oxygen atoms in total. The second-order valence-corrected chi connectivity index (χ2v) is 8.85. The minimum absolute atomic E-state index is 0.128. The molecule has 1 aromatic carbocycles. The minimum Gasteiger partial charge on any atom is -0.324 e. The van der Waals surface area contributed by atoms with Gasteiger partial charge in [0.25, 0.3) is 5.56 Å². The third kappa shape index (κ3) is 4.00. The Morgan fingerprint density at radius 1 is 1.29 bits per heavy atom. The molecule has 0 saturated heterocycles. The zero-order valence-corrected chi connectivity index (χ0v) is 18.3. The first-order chi connectivity index (χ1) is 14.8. The molecule has 0 aliphatic heterocycles. The number of nitrogens with zero attached hydrogens (tertiary/aromatic N) is 4. The van der Waals surface area contributed by atoms with E-state index in [0.717, 1.165) is 17.2 Å². The van der Waals surface area contributed by atoms with Crippen molar-refractivity contribution in [1.82, 2.24) is 18.7 Å². The van der Waals surface area contributed by atoms with Crippen LogP contribution in [0.3, 0.4) is 0 Å². The highest BCUT2D eigenvalue weighted by Gasteiger charge is 2.19. The van der Waals surface area contributed by atoms with E-state index in [4.69, 9.17) is 11.6 Å². The van der Waals surface area contributed by atoms with Crippen molar-refractivity contribution in [3.63, 3.8) is 0 Å². The number of carbonyl (C=O) groups is 1. The summed E-state index contributed by atoms with van der Waals surface area (Å²) in [5.41, 5.74) is 0.0275. The molecule has 0 atom stereocenters. The number of benzene rings is 1. The summed E-state index contributed by atoms with van der Waals surface area (Å²) in [5, 5.41) is 8.46. The van der Waals surface area contributed by atoms with E-state index in [1.807, 2.05) is 13.8 Å². The summed E-state index contributed by atoms with van der Waals surface area (Å²) in [5.74, 6) is -0.589. The highest BCUT2D eigenvalue weighted by Crippen LogP contribution is 2.20. The fourth-order valence-electron chi connectivity index (χ4n) is 3.24. The van der Waals surface area contributed by atoms with Crippen molar-refractivity contribution in [2.45, 2.75) is 33.4 Å². The van der Waals surface area contributed by atoms with Crippen molar-refractivity contribution in [3.05, 3.63) is 61.3 Å². The van der Waals surface area contributed by atoms with E-state index >= 15 is 0 Å². The summed E-state index contributed by atoms with van der Waals surface area (Å²) < 4.78 is 17.6. The lowest BCUT2D eigenvalue weighted by molar-refractivity contribution is -0.117. The molecule has 0 unspecified atom stereocenters. The molecular formula is C20H19ClFN5O3S. The number of anilines is 1. The van der Waals surface area contributed by atoms with Gasteiger partial charge in [0.15, 0.2) is 0 Å². The zero-order chi connectivity index (χ0) is 22.3. The molecule has 3 aromatic heterocycles. The van der Waals surface area contributed by atoms with Crippen LogP contribution < -0.4 is 16.6 Å². The van der Waals surface area contributed by atoms with E-state index < -0.39 is 17.4 Å². The van der Waals surface area contributed by atoms with Crippen LogP contribution in [0.4, 0.5) is 10.1 Å². The van der Waals surface area contributed by atoms with Gasteiger partial charge in [-0.1, -0.05) is 25.4 Å². The van der Waals surface area contributed by atoms with E-state index in [-0.39, 0.29) is 22.9 Å². The Morgan fingerprint density at radius 2 is 2.06 bits per heavy atom. The first-order valence-electron chi connectivity index (χ1n) is 9.60. The number of rotatable bonds is 6. The van der Waals surface area contributed by atoms with Crippen LogP contribution in [0.1, 0.15) is 20.3 Å². The predicted octanol–water partition coefficient (Wildman–Crippen LogP) is 3.35. The zero-order valence-electron chi connectivity index (χ0n) is 16.8. The Labute approximate surface area is 184 Å². The van der Waals surface area contributed by atoms with Crippen LogP contribution in [-0.4, -0.2) is 24.7 Å². The fourth-order valence-corrected chi connectivity index (χ4v) is 4.24. The number of amides is 1. The molecule has 1 amide bonds. The molecular weight excluding hydrogens is 445 g/mol. The summed E-state index contributed by atoms with van der Waals surface area (Å²) in [4.78, 5) is 38.4. The van der Waals surface area contributed by atoms with Gasteiger partial charge in [0, 0.05) is 12.2 Å². The van der Waals surface area contributed by atoms with Gasteiger partial charge in [-0.3, -0.25) is 14.2 Å². The molecule has 0 aliphatic carbocycles. The molecule has 11 heteroatoms. The highest BCUT2D eigenvalue weighted by atomic mass is 35.5. The lowest BCUT2D eigenvalue weighted by Crippen LogP contribution is -2.29. The lowest BCUT2D eigenvalue weighted by Gasteiger charge is -2.09. The molecule has 0 radical (unpaired) electrons. The number of carbonyl (C=O) groups excluding carboxylic acids is 1. The Bertz CT molecular complexity index is 1420. The van der Waals surface area contributed by atoms with Gasteiger partial charge < -0.3 is 5.32 Å². The number of thiophene rings is 1. The van der Waals surface area contributed by atoms with Gasteiger partial charge in [-0.15, -0.1) is 16.4 Å². The molecule has 3 heterocycles. The normalized spacial score (nSPS) is 11.6. The molecule has 4 rings (SSSR count). The average Bonchev–Trinajstić information content (AvgIpc) is 3.30. The standard InChI is InChI=1S/C20H19ClFN5O3S/c1-11(2)5-7-25-18(29)17-15(6-8-31-17)27-19(25)24-26(20(27)30)10-16(28)23-12-3-4-14(22)13(21)9-12/h3-4,6,8-9,11H,5,7,10H2,1-2H3,(H,23,28). The van der Waals surface area contributed by atoms with Crippen molar-refractivity contribution in [2.24, 2.45) is 5.92 Å². The van der Waals surface area contributed by atoms with Gasteiger partial charge in [-0.05, 0) is 42.0 Å². The molecule has 0 aliphatic rings. The number of nitrogens with one attached hydrogen (secondary N) is 1. The number of hydrogen-bond acceptors (Lipinski definition) is 5. The molecule has 0 fully saturated rings. The average molecular weight is 464 g/mol. The fraction of sp³-hybridized carbons (Fsp3) is 0.300. The van der Waals surface area contributed by atoms with Crippen molar-refractivity contribution < 1.29 is 9.18 Å². The van der Waals surface area contributed by atoms with E-state index in [1.54, 1.807) is 11.4 Å². The van der Waals surface area contributed by atoms with E-state index in [1.165, 1.54) is 32.4 Å². The van der Waals surface area contributed by atoms with Crippen molar-refractivity contribution in [1.29, 1.82) is 0 Å². The van der Waals surface area contributed by atoms with E-state index in [0.29, 0.717) is 28.4 Å². The topological polar surface area (TPSA) is 90.4 Å². The SMILES string of the molecule is CC(C)CCn1c(=O)c2sccc2n2c(=O)n(CC(=O)Nc3ccc(F)c(Cl)c3)nc12. The van der Waals surface area contributed by atoms with Crippen LogP contribution in [0.25, 0.3) is 16.0 Å². The highest BCUT2D eigenvalue weighted by molar-refractivity contribution is 7.17. The first-order valence-corrected chi connectivity index (χ1v) is 10.9. The minimum atomic E-state index is -0.601. The summed E-state index contributed by atoms with van der Waals surface area (Å²) in [6.07, 6.45) is 0.735. The number of hydrogen-bond donors (Lipinski definition) is 1. The van der Waals surface area contributed by atoms with Crippen LogP contribution in [-0.2, 0) is 17.9 Å². The second-order valence-electron chi connectivity index (χ2n) is 7.53. The van der Waals surface area contributed by atoms with Gasteiger partial charge in [0.2, 0.25) is 11.7 Å². The lowest BCUT2D eigenvalue weighted by atomic mass is 10.1. The number of aryl methyl sites for hydroxylation is 1. The monoisotopic (exact) mass is 463 g/mol. The van der Waals surface area contributed by atoms with E-state index in [9.17, 15) is 18.8 Å². The Hall–Kier alpha value is -2.98. The maximum atomic E-state index is 13.3. The van der Waals surface area contributed by atoms with Gasteiger partial charge in [0.1, 0.15) is 17.1 Å². The smallest absolute Gasteiger partial charge is 0.324 e. The Balaban J connectivity index is 1.73. The molecule has 1 N–H and O–H groups in total. The summed E-state index contributed by atoms with van der Waals surface area (Å²) in [6, 6.07) is 5.47. The molecule has 162 valence electrons. The van der Waals surface area contributed by atoms with E-state index in [2.05, 4.69) is 10.4 Å². The molecule has 0 saturated carbocycles. The number of aromatic nitrogens is 4. The van der Waals surface area contributed by atoms with Crippen LogP contribution in [0.15, 0.2) is 39.2 Å². The largest absolute Gasteiger partial charge is 0.352 e. The maximum Gasteiger partial charge on any atom is 0.352 e.